The zero-order valence-electron chi connectivity index (χ0n) is 9.52. The topological polar surface area (TPSA) is 81.2 Å². The average Bonchev–Trinajstić information content (AvgIpc) is 2.84. The molecule has 2 rings (SSSR count). The quantitative estimate of drug-likeness (QED) is 0.834. The minimum atomic E-state index is -0.577. The molecule has 0 bridgehead atoms. The molecular weight excluding hydrogens is 237 g/mol. The molecule has 1 heterocycles. The summed E-state index contributed by atoms with van der Waals surface area (Å²) in [5, 5.41) is 6.54. The van der Waals surface area contributed by atoms with Crippen molar-refractivity contribution >= 4 is 5.91 Å². The maximum atomic E-state index is 13.5. The third-order valence-electron chi connectivity index (χ3n) is 2.44. The molecule has 6 heteroatoms. The highest BCUT2D eigenvalue weighted by molar-refractivity contribution is 5.92. The summed E-state index contributed by atoms with van der Waals surface area (Å²) in [6.07, 6.45) is 1.53. The van der Waals surface area contributed by atoms with E-state index in [1.54, 1.807) is 6.07 Å². The average molecular weight is 249 g/mol. The molecule has 0 atom stereocenters. The standard InChI is InChI=1S/C12H12FN3O2/c13-11-2-1-8(12(14)17)5-9(11)6-15-7-10-3-4-16-18-10/h1-5,15H,6-7H2,(H2,14,17). The second-order valence-electron chi connectivity index (χ2n) is 3.75. The first-order chi connectivity index (χ1) is 8.66. The number of halogens is 1. The summed E-state index contributed by atoms with van der Waals surface area (Å²) in [7, 11) is 0. The first-order valence-electron chi connectivity index (χ1n) is 5.35. The lowest BCUT2D eigenvalue weighted by Crippen LogP contribution is -2.16. The Hall–Kier alpha value is -2.21. The lowest BCUT2D eigenvalue weighted by Gasteiger charge is -2.05. The van der Waals surface area contributed by atoms with E-state index in [9.17, 15) is 9.18 Å². The molecular formula is C12H12FN3O2. The van der Waals surface area contributed by atoms with Gasteiger partial charge in [-0.1, -0.05) is 5.16 Å². The number of aromatic nitrogens is 1. The largest absolute Gasteiger partial charge is 0.366 e. The number of primary amides is 1. The molecule has 1 amide bonds. The monoisotopic (exact) mass is 249 g/mol. The fourth-order valence-electron chi connectivity index (χ4n) is 1.52. The molecule has 3 N–H and O–H groups in total. The lowest BCUT2D eigenvalue weighted by molar-refractivity contribution is 0.1000. The van der Waals surface area contributed by atoms with Crippen LogP contribution in [0, 0.1) is 5.82 Å². The SMILES string of the molecule is NC(=O)c1ccc(F)c(CNCc2ccno2)c1. The van der Waals surface area contributed by atoms with Gasteiger partial charge in [0.2, 0.25) is 5.91 Å². The van der Waals surface area contributed by atoms with Crippen molar-refractivity contribution in [2.75, 3.05) is 0 Å². The smallest absolute Gasteiger partial charge is 0.248 e. The van der Waals surface area contributed by atoms with Crippen molar-refractivity contribution in [1.29, 1.82) is 0 Å². The van der Waals surface area contributed by atoms with Gasteiger partial charge in [0, 0.05) is 23.7 Å². The van der Waals surface area contributed by atoms with E-state index in [4.69, 9.17) is 10.3 Å². The summed E-state index contributed by atoms with van der Waals surface area (Å²) < 4.78 is 18.4. The van der Waals surface area contributed by atoms with Gasteiger partial charge in [-0.05, 0) is 18.2 Å². The van der Waals surface area contributed by atoms with Crippen LogP contribution in [-0.4, -0.2) is 11.1 Å². The van der Waals surface area contributed by atoms with E-state index in [1.807, 2.05) is 0 Å². The van der Waals surface area contributed by atoms with Crippen molar-refractivity contribution in [1.82, 2.24) is 10.5 Å². The minimum absolute atomic E-state index is 0.271. The van der Waals surface area contributed by atoms with E-state index < -0.39 is 5.91 Å². The third-order valence-corrected chi connectivity index (χ3v) is 2.44. The van der Waals surface area contributed by atoms with Crippen molar-refractivity contribution in [2.24, 2.45) is 5.73 Å². The van der Waals surface area contributed by atoms with Crippen LogP contribution in [0.2, 0.25) is 0 Å². The summed E-state index contributed by atoms with van der Waals surface area (Å²) in [5.41, 5.74) is 5.80. The van der Waals surface area contributed by atoms with Crippen LogP contribution < -0.4 is 11.1 Å². The third kappa shape index (κ3) is 2.92. The van der Waals surface area contributed by atoms with Crippen molar-refractivity contribution in [3.8, 4) is 0 Å². The normalized spacial score (nSPS) is 10.5. The van der Waals surface area contributed by atoms with E-state index in [0.29, 0.717) is 17.9 Å². The number of hydrogen-bond acceptors (Lipinski definition) is 4. The summed E-state index contributed by atoms with van der Waals surface area (Å²) in [6, 6.07) is 5.73. The Morgan fingerprint density at radius 1 is 1.39 bits per heavy atom. The molecule has 18 heavy (non-hydrogen) atoms. The first kappa shape index (κ1) is 12.3. The van der Waals surface area contributed by atoms with Gasteiger partial charge >= 0.3 is 0 Å². The van der Waals surface area contributed by atoms with Crippen LogP contribution in [0.4, 0.5) is 4.39 Å². The molecule has 0 saturated heterocycles. The Kier molecular flexibility index (Phi) is 3.69. The Morgan fingerprint density at radius 3 is 2.89 bits per heavy atom. The van der Waals surface area contributed by atoms with Gasteiger partial charge in [-0.3, -0.25) is 4.79 Å². The molecule has 0 fully saturated rings. The van der Waals surface area contributed by atoms with Crippen LogP contribution in [0.3, 0.4) is 0 Å². The Balaban J connectivity index is 2.00. The van der Waals surface area contributed by atoms with E-state index in [-0.39, 0.29) is 17.9 Å². The molecule has 94 valence electrons. The summed E-state index contributed by atoms with van der Waals surface area (Å²) in [4.78, 5) is 11.0. The lowest BCUT2D eigenvalue weighted by atomic mass is 10.1. The first-order valence-corrected chi connectivity index (χ1v) is 5.35. The fourth-order valence-corrected chi connectivity index (χ4v) is 1.52. The second kappa shape index (κ2) is 5.42. The molecule has 0 saturated carbocycles. The Labute approximate surface area is 103 Å². The highest BCUT2D eigenvalue weighted by Crippen LogP contribution is 2.10. The molecule has 0 aliphatic rings. The van der Waals surface area contributed by atoms with Crippen LogP contribution >= 0.6 is 0 Å². The van der Waals surface area contributed by atoms with E-state index in [2.05, 4.69) is 10.5 Å². The maximum absolute atomic E-state index is 13.5. The number of hydrogen-bond donors (Lipinski definition) is 2. The van der Waals surface area contributed by atoms with Crippen LogP contribution in [0.5, 0.6) is 0 Å². The van der Waals surface area contributed by atoms with Gasteiger partial charge in [-0.25, -0.2) is 4.39 Å². The van der Waals surface area contributed by atoms with Gasteiger partial charge in [0.15, 0.2) is 0 Å². The summed E-state index contributed by atoms with van der Waals surface area (Å²) >= 11 is 0. The zero-order chi connectivity index (χ0) is 13.0. The molecule has 0 unspecified atom stereocenters. The molecule has 1 aromatic heterocycles. The van der Waals surface area contributed by atoms with Gasteiger partial charge < -0.3 is 15.6 Å². The summed E-state index contributed by atoms with van der Waals surface area (Å²) in [6.45, 7) is 0.702. The highest BCUT2D eigenvalue weighted by atomic mass is 19.1. The Bertz CT molecular complexity index is 540. The molecule has 5 nitrogen and oxygen atoms in total. The number of benzene rings is 1. The number of nitrogens with zero attached hydrogens (tertiary/aromatic N) is 1. The predicted octanol–water partition coefficient (Wildman–Crippen LogP) is 1.20. The van der Waals surface area contributed by atoms with E-state index in [1.165, 1.54) is 24.4 Å². The van der Waals surface area contributed by atoms with E-state index in [0.717, 1.165) is 0 Å². The summed E-state index contributed by atoms with van der Waals surface area (Å²) in [5.74, 6) is -0.307. The van der Waals surface area contributed by atoms with Crippen LogP contribution in [0.1, 0.15) is 21.7 Å². The van der Waals surface area contributed by atoms with Gasteiger partial charge in [0.25, 0.3) is 0 Å². The van der Waals surface area contributed by atoms with Crippen molar-refractivity contribution in [2.45, 2.75) is 13.1 Å². The van der Waals surface area contributed by atoms with Crippen molar-refractivity contribution in [3.63, 3.8) is 0 Å². The molecule has 0 radical (unpaired) electrons. The maximum Gasteiger partial charge on any atom is 0.248 e. The number of amides is 1. The van der Waals surface area contributed by atoms with Gasteiger partial charge in [-0.2, -0.15) is 0 Å². The number of nitrogens with two attached hydrogens (primary N) is 1. The van der Waals surface area contributed by atoms with Gasteiger partial charge in [0.05, 0.1) is 12.7 Å². The van der Waals surface area contributed by atoms with Gasteiger partial charge in [-0.15, -0.1) is 0 Å². The van der Waals surface area contributed by atoms with Crippen LogP contribution in [0.25, 0.3) is 0 Å². The minimum Gasteiger partial charge on any atom is -0.366 e. The molecule has 1 aromatic carbocycles. The van der Waals surface area contributed by atoms with Crippen molar-refractivity contribution < 1.29 is 13.7 Å². The fraction of sp³-hybridized carbons (Fsp3) is 0.167. The Morgan fingerprint density at radius 2 is 2.22 bits per heavy atom. The number of nitrogens with one attached hydrogen (secondary N) is 1. The molecule has 0 aliphatic heterocycles. The predicted molar refractivity (Wildman–Crippen MR) is 62.0 cm³/mol. The van der Waals surface area contributed by atoms with Crippen LogP contribution in [0.15, 0.2) is 35.0 Å². The zero-order valence-corrected chi connectivity index (χ0v) is 9.52. The highest BCUT2D eigenvalue weighted by Gasteiger charge is 2.07. The van der Waals surface area contributed by atoms with Crippen molar-refractivity contribution in [3.05, 3.63) is 53.2 Å². The number of carbonyl (C=O) groups is 1. The number of carbonyl (C=O) groups excluding carboxylic acids is 1. The number of rotatable bonds is 5. The molecule has 0 aliphatic carbocycles. The van der Waals surface area contributed by atoms with E-state index >= 15 is 0 Å². The molecule has 2 aromatic rings. The van der Waals surface area contributed by atoms with Gasteiger partial charge in [0.1, 0.15) is 11.6 Å². The second-order valence-corrected chi connectivity index (χ2v) is 3.75. The van der Waals surface area contributed by atoms with Crippen LogP contribution in [-0.2, 0) is 13.1 Å². The molecule has 0 spiro atoms.